The van der Waals surface area contributed by atoms with Crippen LogP contribution in [0.1, 0.15) is 31.7 Å². The average molecular weight is 357 g/mol. The van der Waals surface area contributed by atoms with Crippen LogP contribution in [-0.4, -0.2) is 67.0 Å². The molecule has 1 aromatic carbocycles. The van der Waals surface area contributed by atoms with E-state index in [0.29, 0.717) is 32.7 Å². The maximum atomic E-state index is 13.1. The summed E-state index contributed by atoms with van der Waals surface area (Å²) in [4.78, 5) is 30.2. The normalized spacial score (nSPS) is 28.4. The highest BCUT2D eigenvalue weighted by Crippen LogP contribution is 2.49. The molecule has 6 heteroatoms. The van der Waals surface area contributed by atoms with Crippen LogP contribution in [0.15, 0.2) is 24.3 Å². The van der Waals surface area contributed by atoms with E-state index in [1.807, 2.05) is 29.2 Å². The lowest BCUT2D eigenvalue weighted by Gasteiger charge is -2.35. The third kappa shape index (κ3) is 2.72. The monoisotopic (exact) mass is 357 g/mol. The molecule has 3 aliphatic rings. The lowest BCUT2D eigenvalue weighted by molar-refractivity contribution is -0.135. The molecule has 0 bridgehead atoms. The molecule has 3 aliphatic heterocycles. The molecule has 4 rings (SSSR count). The Morgan fingerprint density at radius 3 is 2.81 bits per heavy atom. The Balaban J connectivity index is 1.60. The molecular weight excluding hydrogens is 330 g/mol. The summed E-state index contributed by atoms with van der Waals surface area (Å²) in [5.74, 6) is 0.193. The molecule has 0 aliphatic carbocycles. The minimum absolute atomic E-state index is 0.0545. The van der Waals surface area contributed by atoms with Crippen molar-refractivity contribution in [2.45, 2.75) is 37.6 Å². The first-order valence-electron chi connectivity index (χ1n) is 9.67. The first-order valence-corrected chi connectivity index (χ1v) is 9.67. The van der Waals surface area contributed by atoms with Gasteiger partial charge in [-0.05, 0) is 24.5 Å². The van der Waals surface area contributed by atoms with Gasteiger partial charge in [0.1, 0.15) is 0 Å². The van der Waals surface area contributed by atoms with Gasteiger partial charge in [-0.1, -0.05) is 31.5 Å². The van der Waals surface area contributed by atoms with Gasteiger partial charge < -0.3 is 15.0 Å². The standard InChI is InChI=1S/C20H27N3O3/c1-2-5-17-20(15-6-3-4-7-16(15)21-19(20)25)8-9-23(17)18(24)14-22-10-12-26-13-11-22/h3-4,6-7,17H,2,5,8-14H2,1H3,(H,21,25)/t17-,20-/m0/s1. The summed E-state index contributed by atoms with van der Waals surface area (Å²) in [6.07, 6.45) is 2.50. The molecule has 2 amide bonds. The fourth-order valence-corrected chi connectivity index (χ4v) is 4.82. The number of carbonyl (C=O) groups excluding carboxylic acids is 2. The van der Waals surface area contributed by atoms with Gasteiger partial charge in [-0.15, -0.1) is 0 Å². The topological polar surface area (TPSA) is 61.9 Å². The van der Waals surface area contributed by atoms with Gasteiger partial charge in [-0.2, -0.15) is 0 Å². The largest absolute Gasteiger partial charge is 0.379 e. The summed E-state index contributed by atoms with van der Waals surface area (Å²) < 4.78 is 5.38. The van der Waals surface area contributed by atoms with Crippen LogP contribution in [0.25, 0.3) is 0 Å². The van der Waals surface area contributed by atoms with E-state index in [2.05, 4.69) is 17.1 Å². The minimum atomic E-state index is -0.590. The number of amides is 2. The molecule has 0 aromatic heterocycles. The van der Waals surface area contributed by atoms with Gasteiger partial charge in [0, 0.05) is 25.3 Å². The van der Waals surface area contributed by atoms with Crippen molar-refractivity contribution in [1.82, 2.24) is 9.80 Å². The summed E-state index contributed by atoms with van der Waals surface area (Å²) in [6.45, 7) is 6.16. The van der Waals surface area contributed by atoms with Crippen LogP contribution in [0, 0.1) is 0 Å². The molecule has 0 saturated carbocycles. The van der Waals surface area contributed by atoms with Crippen molar-refractivity contribution in [1.29, 1.82) is 0 Å². The predicted octanol–water partition coefficient (Wildman–Crippen LogP) is 1.61. The molecule has 6 nitrogen and oxygen atoms in total. The lowest BCUT2D eigenvalue weighted by atomic mass is 9.73. The quantitative estimate of drug-likeness (QED) is 0.889. The van der Waals surface area contributed by atoms with Gasteiger partial charge in [0.2, 0.25) is 11.8 Å². The number of hydrogen-bond acceptors (Lipinski definition) is 4. The smallest absolute Gasteiger partial charge is 0.237 e. The van der Waals surface area contributed by atoms with Crippen LogP contribution in [-0.2, 0) is 19.7 Å². The van der Waals surface area contributed by atoms with Crippen LogP contribution in [0.2, 0.25) is 0 Å². The van der Waals surface area contributed by atoms with Gasteiger partial charge >= 0.3 is 0 Å². The molecule has 26 heavy (non-hydrogen) atoms. The van der Waals surface area contributed by atoms with Gasteiger partial charge in [0.25, 0.3) is 0 Å². The molecule has 1 N–H and O–H groups in total. The maximum Gasteiger partial charge on any atom is 0.237 e. The second kappa shape index (κ2) is 7.00. The Morgan fingerprint density at radius 1 is 1.27 bits per heavy atom. The lowest BCUT2D eigenvalue weighted by Crippen LogP contribution is -2.51. The highest BCUT2D eigenvalue weighted by Gasteiger charge is 2.58. The van der Waals surface area contributed by atoms with Gasteiger partial charge in [-0.25, -0.2) is 0 Å². The number of hydrogen-bond donors (Lipinski definition) is 1. The fourth-order valence-electron chi connectivity index (χ4n) is 4.82. The summed E-state index contributed by atoms with van der Waals surface area (Å²) in [7, 11) is 0. The summed E-state index contributed by atoms with van der Waals surface area (Å²) in [5.41, 5.74) is 1.37. The van der Waals surface area contributed by atoms with E-state index < -0.39 is 5.41 Å². The number of ether oxygens (including phenoxy) is 1. The number of morpholine rings is 1. The Bertz CT molecular complexity index is 701. The first-order chi connectivity index (χ1) is 12.7. The second-order valence-electron chi connectivity index (χ2n) is 7.50. The number of nitrogens with one attached hydrogen (secondary N) is 1. The van der Waals surface area contributed by atoms with Crippen molar-refractivity contribution in [2.75, 3.05) is 44.7 Å². The van der Waals surface area contributed by atoms with Gasteiger partial charge in [0.15, 0.2) is 0 Å². The van der Waals surface area contributed by atoms with Crippen molar-refractivity contribution in [3.8, 4) is 0 Å². The molecule has 2 saturated heterocycles. The van der Waals surface area contributed by atoms with Crippen LogP contribution in [0.3, 0.4) is 0 Å². The zero-order chi connectivity index (χ0) is 18.1. The number of rotatable bonds is 4. The summed E-state index contributed by atoms with van der Waals surface area (Å²) in [5, 5.41) is 3.06. The van der Waals surface area contributed by atoms with Gasteiger partial charge in [0.05, 0.1) is 31.2 Å². The highest BCUT2D eigenvalue weighted by molar-refractivity contribution is 6.07. The SMILES string of the molecule is CCC[C@@H]1N(C(=O)CN2CCOCC2)CC[C@@]12C(=O)Nc1ccccc12. The van der Waals surface area contributed by atoms with E-state index >= 15 is 0 Å². The molecule has 140 valence electrons. The predicted molar refractivity (Wildman–Crippen MR) is 99.0 cm³/mol. The third-order valence-corrected chi connectivity index (χ3v) is 6.10. The van der Waals surface area contributed by atoms with Crippen LogP contribution < -0.4 is 5.32 Å². The van der Waals surface area contributed by atoms with Crippen molar-refractivity contribution in [3.05, 3.63) is 29.8 Å². The van der Waals surface area contributed by atoms with E-state index in [1.165, 1.54) is 0 Å². The molecule has 1 aromatic rings. The minimum Gasteiger partial charge on any atom is -0.379 e. The number of fused-ring (bicyclic) bond motifs is 2. The number of benzene rings is 1. The van der Waals surface area contributed by atoms with Crippen molar-refractivity contribution in [2.24, 2.45) is 0 Å². The van der Waals surface area contributed by atoms with Crippen LogP contribution in [0.4, 0.5) is 5.69 Å². The summed E-state index contributed by atoms with van der Waals surface area (Å²) >= 11 is 0. The van der Waals surface area contributed by atoms with Crippen molar-refractivity contribution in [3.63, 3.8) is 0 Å². The van der Waals surface area contributed by atoms with E-state index in [0.717, 1.165) is 37.2 Å². The number of carbonyl (C=O) groups is 2. The van der Waals surface area contributed by atoms with Gasteiger partial charge in [-0.3, -0.25) is 14.5 Å². The maximum absolute atomic E-state index is 13.1. The van der Waals surface area contributed by atoms with Crippen LogP contribution in [0.5, 0.6) is 0 Å². The summed E-state index contributed by atoms with van der Waals surface area (Å²) in [6, 6.07) is 7.88. The van der Waals surface area contributed by atoms with E-state index in [-0.39, 0.29) is 17.9 Å². The number of anilines is 1. The van der Waals surface area contributed by atoms with E-state index in [4.69, 9.17) is 4.74 Å². The Hall–Kier alpha value is -1.92. The number of para-hydroxylation sites is 1. The highest BCUT2D eigenvalue weighted by atomic mass is 16.5. The molecule has 1 spiro atoms. The molecule has 0 unspecified atom stereocenters. The molecular formula is C20H27N3O3. The van der Waals surface area contributed by atoms with E-state index in [9.17, 15) is 9.59 Å². The molecule has 2 fully saturated rings. The van der Waals surface area contributed by atoms with Crippen molar-refractivity contribution >= 4 is 17.5 Å². The third-order valence-electron chi connectivity index (χ3n) is 6.10. The van der Waals surface area contributed by atoms with Crippen LogP contribution >= 0.6 is 0 Å². The zero-order valence-electron chi connectivity index (χ0n) is 15.4. The second-order valence-corrected chi connectivity index (χ2v) is 7.50. The van der Waals surface area contributed by atoms with Crippen molar-refractivity contribution < 1.29 is 14.3 Å². The van der Waals surface area contributed by atoms with E-state index in [1.54, 1.807) is 0 Å². The first kappa shape index (κ1) is 17.5. The fraction of sp³-hybridized carbons (Fsp3) is 0.600. The Labute approximate surface area is 154 Å². The number of nitrogens with zero attached hydrogens (tertiary/aromatic N) is 2. The Morgan fingerprint density at radius 2 is 2.04 bits per heavy atom. The molecule has 0 radical (unpaired) electrons. The number of likely N-dealkylation sites (tertiary alicyclic amines) is 1. The zero-order valence-corrected chi connectivity index (χ0v) is 15.4. The average Bonchev–Trinajstić information content (AvgIpc) is 3.16. The molecule has 3 heterocycles. The Kier molecular flexibility index (Phi) is 4.71. The molecule has 2 atom stereocenters.